The smallest absolute Gasteiger partial charge is 0.406 e. The van der Waals surface area contributed by atoms with Gasteiger partial charge in [0.15, 0.2) is 11.6 Å². The molecular formula is C14H13F3N6O3. The second-order valence-corrected chi connectivity index (χ2v) is 5.04. The Morgan fingerprint density at radius 3 is 2.54 bits per heavy atom. The first-order valence-corrected chi connectivity index (χ1v) is 7.42. The van der Waals surface area contributed by atoms with E-state index in [0.717, 1.165) is 6.07 Å². The first-order chi connectivity index (χ1) is 12.4. The van der Waals surface area contributed by atoms with Crippen LogP contribution in [0.4, 0.5) is 30.5 Å². The molecule has 0 unspecified atom stereocenters. The molecule has 2 heterocycles. The summed E-state index contributed by atoms with van der Waals surface area (Å²) < 4.78 is 45.5. The van der Waals surface area contributed by atoms with E-state index in [1.807, 2.05) is 0 Å². The van der Waals surface area contributed by atoms with E-state index in [-0.39, 0.29) is 35.3 Å². The number of hydrogen-bond acceptors (Lipinski definition) is 9. The van der Waals surface area contributed by atoms with Crippen molar-refractivity contribution in [2.24, 2.45) is 0 Å². The molecule has 0 atom stereocenters. The molecule has 0 aliphatic heterocycles. The van der Waals surface area contributed by atoms with Gasteiger partial charge in [0.05, 0.1) is 0 Å². The van der Waals surface area contributed by atoms with Crippen LogP contribution in [0.15, 0.2) is 28.9 Å². The molecule has 26 heavy (non-hydrogen) atoms. The zero-order valence-corrected chi connectivity index (χ0v) is 13.1. The van der Waals surface area contributed by atoms with Crippen molar-refractivity contribution < 1.29 is 27.6 Å². The second kappa shape index (κ2) is 7.39. The Balaban J connectivity index is 1.87. The highest BCUT2D eigenvalue weighted by Crippen LogP contribution is 2.28. The molecule has 0 saturated carbocycles. The first-order valence-electron chi connectivity index (χ1n) is 7.42. The normalized spacial score (nSPS) is 11.5. The van der Waals surface area contributed by atoms with E-state index < -0.39 is 6.36 Å². The summed E-state index contributed by atoms with van der Waals surface area (Å²) in [5.41, 5.74) is 0.584. The summed E-state index contributed by atoms with van der Waals surface area (Å²) in [5.74, 6) is 0.105. The van der Waals surface area contributed by atoms with E-state index in [1.54, 1.807) is 0 Å². The van der Waals surface area contributed by atoms with Gasteiger partial charge in [-0.05, 0) is 28.9 Å². The average Bonchev–Trinajstić information content (AvgIpc) is 3.01. The van der Waals surface area contributed by atoms with Crippen LogP contribution in [0.25, 0.3) is 11.3 Å². The third kappa shape index (κ3) is 4.47. The molecule has 0 amide bonds. The van der Waals surface area contributed by atoms with Crippen molar-refractivity contribution in [3.05, 3.63) is 24.3 Å². The van der Waals surface area contributed by atoms with Crippen LogP contribution in [0.1, 0.15) is 6.42 Å². The lowest BCUT2D eigenvalue weighted by atomic mass is 10.3. The maximum atomic E-state index is 12.4. The number of ether oxygens (including phenoxy) is 1. The fourth-order valence-corrected chi connectivity index (χ4v) is 2.04. The van der Waals surface area contributed by atoms with Crippen LogP contribution >= 0.6 is 0 Å². The van der Waals surface area contributed by atoms with Crippen LogP contribution in [0.5, 0.6) is 5.75 Å². The van der Waals surface area contributed by atoms with Crippen LogP contribution in [-0.2, 0) is 0 Å². The summed E-state index contributed by atoms with van der Waals surface area (Å²) >= 11 is 0. The maximum absolute atomic E-state index is 12.4. The predicted octanol–water partition coefficient (Wildman–Crippen LogP) is 2.45. The average molecular weight is 370 g/mol. The molecule has 9 nitrogen and oxygen atoms in total. The SMILES string of the molecule is OCCCNc1nc2nonc2nc1Nc1cccc(OC(F)(F)F)c1. The number of hydrogen-bond donors (Lipinski definition) is 3. The molecule has 0 saturated heterocycles. The zero-order chi connectivity index (χ0) is 18.6. The van der Waals surface area contributed by atoms with Crippen LogP contribution in [0.2, 0.25) is 0 Å². The summed E-state index contributed by atoms with van der Waals surface area (Å²) in [6.45, 7) is 0.377. The van der Waals surface area contributed by atoms with E-state index >= 15 is 0 Å². The molecule has 0 aliphatic rings. The lowest BCUT2D eigenvalue weighted by Crippen LogP contribution is -2.17. The van der Waals surface area contributed by atoms with Crippen molar-refractivity contribution in [3.8, 4) is 5.75 Å². The van der Waals surface area contributed by atoms with Gasteiger partial charge in [0.1, 0.15) is 5.75 Å². The number of nitrogens with zero attached hydrogens (tertiary/aromatic N) is 4. The van der Waals surface area contributed by atoms with E-state index in [2.05, 4.69) is 40.3 Å². The van der Waals surface area contributed by atoms with Gasteiger partial charge >= 0.3 is 6.36 Å². The number of fused-ring (bicyclic) bond motifs is 1. The van der Waals surface area contributed by atoms with Crippen LogP contribution < -0.4 is 15.4 Å². The zero-order valence-electron chi connectivity index (χ0n) is 13.1. The van der Waals surface area contributed by atoms with Gasteiger partial charge in [-0.15, -0.1) is 13.2 Å². The van der Waals surface area contributed by atoms with Gasteiger partial charge < -0.3 is 20.5 Å². The first kappa shape index (κ1) is 17.7. The lowest BCUT2D eigenvalue weighted by Gasteiger charge is -2.13. The number of benzene rings is 1. The molecule has 0 bridgehead atoms. The number of aliphatic hydroxyl groups excluding tert-OH is 1. The lowest BCUT2D eigenvalue weighted by molar-refractivity contribution is -0.274. The summed E-state index contributed by atoms with van der Waals surface area (Å²) in [5, 5.41) is 21.9. The number of nitrogens with one attached hydrogen (secondary N) is 2. The Morgan fingerprint density at radius 1 is 1.12 bits per heavy atom. The summed E-state index contributed by atoms with van der Waals surface area (Å²) in [6.07, 6.45) is -4.33. The van der Waals surface area contributed by atoms with Gasteiger partial charge in [-0.1, -0.05) is 6.07 Å². The topological polar surface area (TPSA) is 118 Å². The summed E-state index contributed by atoms with van der Waals surface area (Å²) in [6, 6.07) is 5.27. The number of aromatic nitrogens is 4. The molecule has 12 heteroatoms. The number of rotatable bonds is 7. The fraction of sp³-hybridized carbons (Fsp3) is 0.286. The van der Waals surface area contributed by atoms with E-state index in [4.69, 9.17) is 5.11 Å². The van der Waals surface area contributed by atoms with Crippen molar-refractivity contribution in [1.82, 2.24) is 20.3 Å². The Labute approximate surface area is 144 Å². The Hall–Kier alpha value is -3.15. The number of alkyl halides is 3. The fourth-order valence-electron chi connectivity index (χ4n) is 2.04. The molecule has 0 radical (unpaired) electrons. The molecule has 1 aromatic carbocycles. The van der Waals surface area contributed by atoms with Gasteiger partial charge in [-0.25, -0.2) is 14.6 Å². The van der Waals surface area contributed by atoms with Gasteiger partial charge in [0.2, 0.25) is 11.3 Å². The van der Waals surface area contributed by atoms with Gasteiger partial charge in [-0.2, -0.15) is 0 Å². The van der Waals surface area contributed by atoms with E-state index in [1.165, 1.54) is 18.2 Å². The van der Waals surface area contributed by atoms with Gasteiger partial charge in [0, 0.05) is 24.9 Å². The molecule has 0 spiro atoms. The van der Waals surface area contributed by atoms with E-state index in [0.29, 0.717) is 18.7 Å². The van der Waals surface area contributed by atoms with E-state index in [9.17, 15) is 13.2 Å². The number of halogens is 3. The summed E-state index contributed by atoms with van der Waals surface area (Å²) in [7, 11) is 0. The Bertz CT molecular complexity index is 886. The minimum Gasteiger partial charge on any atom is -0.406 e. The standard InChI is InChI=1S/C14H13F3N6O3/c15-14(16,17)25-9-4-1-3-8(7-9)19-11-10(18-5-2-6-24)20-12-13(21-11)23-26-22-12/h1,3-4,7,24H,2,5-6H2,(H,18,20,22)(H,19,21,23). The van der Waals surface area contributed by atoms with Crippen LogP contribution in [-0.4, -0.2) is 44.9 Å². The van der Waals surface area contributed by atoms with Crippen LogP contribution in [0.3, 0.4) is 0 Å². The molecule has 3 aromatic rings. The Kier molecular flexibility index (Phi) is 5.02. The minimum absolute atomic E-state index is 0.0201. The molecule has 0 fully saturated rings. The largest absolute Gasteiger partial charge is 0.573 e. The second-order valence-electron chi connectivity index (χ2n) is 5.04. The highest BCUT2D eigenvalue weighted by molar-refractivity contribution is 5.76. The highest BCUT2D eigenvalue weighted by Gasteiger charge is 2.31. The highest BCUT2D eigenvalue weighted by atomic mass is 19.4. The summed E-state index contributed by atoms with van der Waals surface area (Å²) in [4.78, 5) is 8.37. The predicted molar refractivity (Wildman–Crippen MR) is 84.0 cm³/mol. The monoisotopic (exact) mass is 370 g/mol. The van der Waals surface area contributed by atoms with Crippen molar-refractivity contribution in [3.63, 3.8) is 0 Å². The van der Waals surface area contributed by atoms with Gasteiger partial charge in [0.25, 0.3) is 0 Å². The van der Waals surface area contributed by atoms with Gasteiger partial charge in [-0.3, -0.25) is 0 Å². The molecule has 138 valence electrons. The third-order valence-corrected chi connectivity index (χ3v) is 3.07. The maximum Gasteiger partial charge on any atom is 0.573 e. The van der Waals surface area contributed by atoms with Crippen molar-refractivity contribution in [1.29, 1.82) is 0 Å². The molecular weight excluding hydrogens is 357 g/mol. The Morgan fingerprint density at radius 2 is 1.85 bits per heavy atom. The number of aliphatic hydroxyl groups is 1. The minimum atomic E-state index is -4.79. The molecule has 2 aromatic heterocycles. The molecule has 0 aliphatic carbocycles. The van der Waals surface area contributed by atoms with Crippen molar-refractivity contribution in [2.75, 3.05) is 23.8 Å². The third-order valence-electron chi connectivity index (χ3n) is 3.07. The van der Waals surface area contributed by atoms with Crippen LogP contribution in [0, 0.1) is 0 Å². The molecule has 3 N–H and O–H groups in total. The van der Waals surface area contributed by atoms with Crippen molar-refractivity contribution in [2.45, 2.75) is 12.8 Å². The quantitative estimate of drug-likeness (QED) is 0.539. The molecule has 3 rings (SSSR count). The number of anilines is 3. The van der Waals surface area contributed by atoms with Crippen molar-refractivity contribution >= 4 is 28.6 Å².